The van der Waals surface area contributed by atoms with Gasteiger partial charge in [0, 0.05) is 10.8 Å². The van der Waals surface area contributed by atoms with E-state index in [2.05, 4.69) is 10.6 Å². The average Bonchev–Trinajstić information content (AvgIpc) is 2.68. The standard InChI is InChI=1S/C21H24N2O5S2/c1-12-5-7-18(28-4)16(9-12)22-20(24)13(2)11-30(26,27)15-6-8-19-17(10-15)23-21(25)14(3)29-19/h5-10,13-14H,11H2,1-4H3,(H,22,24)(H,23,25). The van der Waals surface area contributed by atoms with Gasteiger partial charge in [0.1, 0.15) is 5.75 Å². The Kier molecular flexibility index (Phi) is 6.42. The van der Waals surface area contributed by atoms with Crippen molar-refractivity contribution in [3.8, 4) is 5.75 Å². The SMILES string of the molecule is COc1ccc(C)cc1NC(=O)C(C)CS(=O)(=O)c1ccc2c(c1)NC(=O)C(C)S2. The third kappa shape index (κ3) is 4.79. The maximum atomic E-state index is 12.9. The number of carbonyl (C=O) groups excluding carboxylic acids is 2. The van der Waals surface area contributed by atoms with Crippen LogP contribution in [0.1, 0.15) is 19.4 Å². The molecule has 9 heteroatoms. The Morgan fingerprint density at radius 2 is 2.00 bits per heavy atom. The van der Waals surface area contributed by atoms with Crippen molar-refractivity contribution in [2.75, 3.05) is 23.5 Å². The van der Waals surface area contributed by atoms with E-state index in [0.717, 1.165) is 10.5 Å². The lowest BCUT2D eigenvalue weighted by Gasteiger charge is -2.22. The number of hydrogen-bond donors (Lipinski definition) is 2. The summed E-state index contributed by atoms with van der Waals surface area (Å²) in [7, 11) is -2.24. The zero-order valence-electron chi connectivity index (χ0n) is 17.2. The van der Waals surface area contributed by atoms with Crippen LogP contribution in [0.2, 0.25) is 0 Å². The third-order valence-electron chi connectivity index (χ3n) is 4.77. The topological polar surface area (TPSA) is 102 Å². The predicted molar refractivity (Wildman–Crippen MR) is 118 cm³/mol. The quantitative estimate of drug-likeness (QED) is 0.702. The van der Waals surface area contributed by atoms with Crippen molar-refractivity contribution in [2.45, 2.75) is 35.8 Å². The molecule has 0 aromatic heterocycles. The van der Waals surface area contributed by atoms with E-state index in [9.17, 15) is 18.0 Å². The van der Waals surface area contributed by atoms with E-state index in [0.29, 0.717) is 17.1 Å². The summed E-state index contributed by atoms with van der Waals surface area (Å²) in [6, 6.07) is 10.0. The Morgan fingerprint density at radius 1 is 1.27 bits per heavy atom. The van der Waals surface area contributed by atoms with Gasteiger partial charge < -0.3 is 15.4 Å². The van der Waals surface area contributed by atoms with Gasteiger partial charge in [0.2, 0.25) is 11.8 Å². The second-order valence-electron chi connectivity index (χ2n) is 7.28. The highest BCUT2D eigenvalue weighted by Gasteiger charge is 2.27. The first kappa shape index (κ1) is 22.2. The molecule has 0 saturated heterocycles. The molecule has 30 heavy (non-hydrogen) atoms. The van der Waals surface area contributed by atoms with Crippen LogP contribution in [0.5, 0.6) is 5.75 Å². The van der Waals surface area contributed by atoms with Gasteiger partial charge >= 0.3 is 0 Å². The Bertz CT molecular complexity index is 1100. The number of ether oxygens (including phenoxy) is 1. The smallest absolute Gasteiger partial charge is 0.237 e. The fourth-order valence-electron chi connectivity index (χ4n) is 3.06. The molecule has 0 saturated carbocycles. The first-order valence-electron chi connectivity index (χ1n) is 9.40. The van der Waals surface area contributed by atoms with Crippen LogP contribution in [0.25, 0.3) is 0 Å². The van der Waals surface area contributed by atoms with Crippen molar-refractivity contribution in [2.24, 2.45) is 5.92 Å². The van der Waals surface area contributed by atoms with Crippen LogP contribution in [-0.2, 0) is 19.4 Å². The molecule has 0 spiro atoms. The molecular formula is C21H24N2O5S2. The minimum absolute atomic E-state index is 0.0736. The van der Waals surface area contributed by atoms with Crippen molar-refractivity contribution >= 4 is 44.8 Å². The molecular weight excluding hydrogens is 424 g/mol. The van der Waals surface area contributed by atoms with Crippen LogP contribution in [-0.4, -0.2) is 38.3 Å². The highest BCUT2D eigenvalue weighted by atomic mass is 32.2. The van der Waals surface area contributed by atoms with E-state index < -0.39 is 21.7 Å². The summed E-state index contributed by atoms with van der Waals surface area (Å²) >= 11 is 1.38. The van der Waals surface area contributed by atoms with Gasteiger partial charge in [0.15, 0.2) is 9.84 Å². The molecule has 2 aromatic carbocycles. The van der Waals surface area contributed by atoms with Gasteiger partial charge in [-0.3, -0.25) is 9.59 Å². The van der Waals surface area contributed by atoms with Gasteiger partial charge in [-0.25, -0.2) is 8.42 Å². The fourth-order valence-corrected chi connectivity index (χ4v) is 5.56. The summed E-state index contributed by atoms with van der Waals surface area (Å²) in [5.74, 6) is -1.23. The molecule has 2 atom stereocenters. The zero-order valence-corrected chi connectivity index (χ0v) is 18.8. The number of hydrogen-bond acceptors (Lipinski definition) is 6. The number of nitrogens with one attached hydrogen (secondary N) is 2. The second kappa shape index (κ2) is 8.69. The lowest BCUT2D eigenvalue weighted by Crippen LogP contribution is -2.28. The number of amides is 2. The van der Waals surface area contributed by atoms with Crippen molar-refractivity contribution in [1.29, 1.82) is 0 Å². The molecule has 1 aliphatic heterocycles. The van der Waals surface area contributed by atoms with Crippen LogP contribution >= 0.6 is 11.8 Å². The first-order chi connectivity index (χ1) is 14.1. The summed E-state index contributed by atoms with van der Waals surface area (Å²) in [5, 5.41) is 5.25. The van der Waals surface area contributed by atoms with Gasteiger partial charge in [-0.15, -0.1) is 11.8 Å². The number of benzene rings is 2. The highest BCUT2D eigenvalue weighted by Crippen LogP contribution is 2.37. The minimum Gasteiger partial charge on any atom is -0.495 e. The second-order valence-corrected chi connectivity index (χ2v) is 10.7. The van der Waals surface area contributed by atoms with Crippen LogP contribution in [0.4, 0.5) is 11.4 Å². The van der Waals surface area contributed by atoms with Gasteiger partial charge in [0.05, 0.1) is 34.4 Å². The van der Waals surface area contributed by atoms with Crippen molar-refractivity contribution in [3.05, 3.63) is 42.0 Å². The Morgan fingerprint density at radius 3 is 2.70 bits per heavy atom. The summed E-state index contributed by atoms with van der Waals surface area (Å²) in [5.41, 5.74) is 1.91. The highest BCUT2D eigenvalue weighted by molar-refractivity contribution is 8.01. The average molecular weight is 449 g/mol. The Hall–Kier alpha value is -2.52. The molecule has 3 rings (SSSR count). The van der Waals surface area contributed by atoms with Crippen LogP contribution in [0.15, 0.2) is 46.2 Å². The van der Waals surface area contributed by atoms with Crippen molar-refractivity contribution in [1.82, 2.24) is 0 Å². The van der Waals surface area contributed by atoms with E-state index in [1.807, 2.05) is 13.0 Å². The van der Waals surface area contributed by atoms with Crippen molar-refractivity contribution < 1.29 is 22.7 Å². The molecule has 160 valence electrons. The summed E-state index contributed by atoms with van der Waals surface area (Å²) in [6.07, 6.45) is 0. The molecule has 2 unspecified atom stereocenters. The minimum atomic E-state index is -3.74. The van der Waals surface area contributed by atoms with E-state index >= 15 is 0 Å². The molecule has 0 fully saturated rings. The molecule has 0 bridgehead atoms. The number of rotatable bonds is 6. The van der Waals surface area contributed by atoms with E-state index in [-0.39, 0.29) is 21.8 Å². The first-order valence-corrected chi connectivity index (χ1v) is 11.9. The van der Waals surface area contributed by atoms with E-state index in [1.165, 1.54) is 31.0 Å². The monoisotopic (exact) mass is 448 g/mol. The lowest BCUT2D eigenvalue weighted by atomic mass is 10.1. The number of anilines is 2. The number of sulfone groups is 1. The maximum Gasteiger partial charge on any atom is 0.237 e. The molecule has 1 aliphatic rings. The largest absolute Gasteiger partial charge is 0.495 e. The molecule has 0 aliphatic carbocycles. The van der Waals surface area contributed by atoms with Crippen LogP contribution in [0, 0.1) is 12.8 Å². The van der Waals surface area contributed by atoms with Gasteiger partial charge in [-0.05, 0) is 49.7 Å². The molecule has 2 aromatic rings. The number of methoxy groups -OCH3 is 1. The summed E-state index contributed by atoms with van der Waals surface area (Å²) in [6.45, 7) is 5.24. The number of fused-ring (bicyclic) bond motifs is 1. The van der Waals surface area contributed by atoms with Crippen molar-refractivity contribution in [3.63, 3.8) is 0 Å². The fraction of sp³-hybridized carbons (Fsp3) is 0.333. The van der Waals surface area contributed by atoms with Gasteiger partial charge in [-0.2, -0.15) is 0 Å². The van der Waals surface area contributed by atoms with Gasteiger partial charge in [0.25, 0.3) is 0 Å². The normalized spacial score (nSPS) is 16.9. The predicted octanol–water partition coefficient (Wildman–Crippen LogP) is 3.48. The molecule has 0 radical (unpaired) electrons. The van der Waals surface area contributed by atoms with E-state index in [4.69, 9.17) is 4.74 Å². The Labute approximate surface area is 180 Å². The summed E-state index contributed by atoms with van der Waals surface area (Å²) < 4.78 is 31.0. The van der Waals surface area contributed by atoms with E-state index in [1.54, 1.807) is 32.0 Å². The summed E-state index contributed by atoms with van der Waals surface area (Å²) in [4.78, 5) is 25.4. The molecule has 1 heterocycles. The number of carbonyl (C=O) groups is 2. The molecule has 7 nitrogen and oxygen atoms in total. The van der Waals surface area contributed by atoms with Crippen LogP contribution in [0.3, 0.4) is 0 Å². The number of thioether (sulfide) groups is 1. The Balaban J connectivity index is 1.75. The number of aryl methyl sites for hydroxylation is 1. The zero-order chi connectivity index (χ0) is 22.1. The van der Waals surface area contributed by atoms with Gasteiger partial charge in [-0.1, -0.05) is 13.0 Å². The lowest BCUT2D eigenvalue weighted by molar-refractivity contribution is -0.119. The maximum absolute atomic E-state index is 12.9. The molecule has 2 N–H and O–H groups in total. The third-order valence-corrected chi connectivity index (χ3v) is 7.86. The van der Waals surface area contributed by atoms with Crippen LogP contribution < -0.4 is 15.4 Å². The molecule has 2 amide bonds.